The van der Waals surface area contributed by atoms with Crippen LogP contribution < -0.4 is 15.7 Å². The summed E-state index contributed by atoms with van der Waals surface area (Å²) in [4.78, 5) is 35.0. The molecule has 0 unspecified atom stereocenters. The van der Waals surface area contributed by atoms with E-state index in [4.69, 9.17) is 9.15 Å². The number of ether oxygens (including phenoxy) is 1. The molecule has 3 rings (SSSR count). The molecule has 2 aromatic carbocycles. The summed E-state index contributed by atoms with van der Waals surface area (Å²) in [5, 5.41) is 3.22. The Morgan fingerprint density at radius 2 is 1.70 bits per heavy atom. The lowest BCUT2D eigenvalue weighted by atomic mass is 10.0. The van der Waals surface area contributed by atoms with Gasteiger partial charge in [-0.25, -0.2) is 17.9 Å². The number of sulfonamides is 1. The van der Waals surface area contributed by atoms with Crippen molar-refractivity contribution >= 4 is 38.6 Å². The zero-order chi connectivity index (χ0) is 24.2. The first kappa shape index (κ1) is 24.1. The number of carbonyl (C=O) groups is 2. The highest BCUT2D eigenvalue weighted by molar-refractivity contribution is 7.89. The number of fused-ring (bicyclic) bond motifs is 1. The molecular formula is C23H24N2O7S. The van der Waals surface area contributed by atoms with Gasteiger partial charge in [0.15, 0.2) is 0 Å². The standard InChI is InChI=1S/C23H24N2O7S/c1-14-10-20-17(12-23(28)32-21(20)11-15(14)2)13-31-22(27)8-9-24-33(29,30)19-6-4-18(5-7-19)25-16(3)26/h4-7,10-12,24H,8-9,13H2,1-3H3,(H,25,26). The summed E-state index contributed by atoms with van der Waals surface area (Å²) in [6.45, 7) is 4.88. The smallest absolute Gasteiger partial charge is 0.336 e. The fourth-order valence-corrected chi connectivity index (χ4v) is 4.16. The van der Waals surface area contributed by atoms with Crippen molar-refractivity contribution in [1.82, 2.24) is 4.72 Å². The average molecular weight is 473 g/mol. The lowest BCUT2D eigenvalue weighted by molar-refractivity contribution is -0.144. The molecule has 1 heterocycles. The molecule has 10 heteroatoms. The molecule has 0 spiro atoms. The zero-order valence-electron chi connectivity index (χ0n) is 18.4. The number of rotatable bonds is 8. The molecule has 0 saturated heterocycles. The molecule has 0 aliphatic heterocycles. The molecule has 33 heavy (non-hydrogen) atoms. The maximum absolute atomic E-state index is 12.4. The van der Waals surface area contributed by atoms with E-state index in [1.54, 1.807) is 6.07 Å². The Bertz CT molecular complexity index is 1360. The molecule has 0 saturated carbocycles. The number of nitrogens with one attached hydrogen (secondary N) is 2. The van der Waals surface area contributed by atoms with Gasteiger partial charge in [-0.3, -0.25) is 9.59 Å². The van der Waals surface area contributed by atoms with Crippen molar-refractivity contribution in [3.05, 3.63) is 69.6 Å². The highest BCUT2D eigenvalue weighted by atomic mass is 32.2. The fourth-order valence-electron chi connectivity index (χ4n) is 3.12. The van der Waals surface area contributed by atoms with Gasteiger partial charge in [0.1, 0.15) is 12.2 Å². The van der Waals surface area contributed by atoms with E-state index in [0.717, 1.165) is 11.1 Å². The molecule has 1 amide bonds. The Morgan fingerprint density at radius 1 is 1.03 bits per heavy atom. The Hall–Kier alpha value is -3.50. The molecule has 0 radical (unpaired) electrons. The van der Waals surface area contributed by atoms with E-state index in [9.17, 15) is 22.8 Å². The monoisotopic (exact) mass is 472 g/mol. The van der Waals surface area contributed by atoms with Gasteiger partial charge in [-0.1, -0.05) is 0 Å². The highest BCUT2D eigenvalue weighted by Crippen LogP contribution is 2.22. The van der Waals surface area contributed by atoms with Crippen molar-refractivity contribution in [3.63, 3.8) is 0 Å². The van der Waals surface area contributed by atoms with Crippen molar-refractivity contribution in [2.45, 2.75) is 38.7 Å². The minimum Gasteiger partial charge on any atom is -0.461 e. The average Bonchev–Trinajstić information content (AvgIpc) is 2.73. The first-order valence-electron chi connectivity index (χ1n) is 10.1. The summed E-state index contributed by atoms with van der Waals surface area (Å²) in [5.74, 6) is -0.888. The first-order chi connectivity index (χ1) is 15.5. The Labute approximate surface area is 190 Å². The molecule has 0 aliphatic carbocycles. The van der Waals surface area contributed by atoms with Crippen LogP contribution in [0.1, 0.15) is 30.0 Å². The van der Waals surface area contributed by atoms with Crippen LogP contribution in [0.25, 0.3) is 11.0 Å². The van der Waals surface area contributed by atoms with Gasteiger partial charge in [0.2, 0.25) is 15.9 Å². The van der Waals surface area contributed by atoms with Crippen molar-refractivity contribution in [2.24, 2.45) is 0 Å². The van der Waals surface area contributed by atoms with Crippen LogP contribution in [0.2, 0.25) is 0 Å². The van der Waals surface area contributed by atoms with Gasteiger partial charge in [0, 0.05) is 36.2 Å². The SMILES string of the molecule is CC(=O)Nc1ccc(S(=O)(=O)NCCC(=O)OCc2cc(=O)oc3cc(C)c(C)cc23)cc1. The second kappa shape index (κ2) is 9.97. The molecule has 3 aromatic rings. The van der Waals surface area contributed by atoms with Crippen molar-refractivity contribution in [2.75, 3.05) is 11.9 Å². The summed E-state index contributed by atoms with van der Waals surface area (Å²) in [6, 6.07) is 10.5. The van der Waals surface area contributed by atoms with Crippen LogP contribution in [0, 0.1) is 13.8 Å². The van der Waals surface area contributed by atoms with Crippen molar-refractivity contribution < 1.29 is 27.2 Å². The molecule has 0 aliphatic rings. The number of esters is 1. The van der Waals surface area contributed by atoms with E-state index in [0.29, 0.717) is 22.2 Å². The molecule has 0 atom stereocenters. The highest BCUT2D eigenvalue weighted by Gasteiger charge is 2.15. The summed E-state index contributed by atoms with van der Waals surface area (Å²) < 4.78 is 37.5. The Kier molecular flexibility index (Phi) is 7.29. The van der Waals surface area contributed by atoms with Gasteiger partial charge in [0.25, 0.3) is 0 Å². The third kappa shape index (κ3) is 6.27. The number of hydrogen-bond acceptors (Lipinski definition) is 7. The molecule has 0 fully saturated rings. The van der Waals surface area contributed by atoms with Crippen LogP contribution in [0.4, 0.5) is 5.69 Å². The van der Waals surface area contributed by atoms with Gasteiger partial charge >= 0.3 is 11.6 Å². The van der Waals surface area contributed by atoms with Crippen LogP contribution in [0.5, 0.6) is 0 Å². The van der Waals surface area contributed by atoms with E-state index >= 15 is 0 Å². The lowest BCUT2D eigenvalue weighted by Gasteiger charge is -2.10. The predicted octanol–water partition coefficient (Wildman–Crippen LogP) is 2.78. The molecule has 174 valence electrons. The molecule has 9 nitrogen and oxygen atoms in total. The third-order valence-corrected chi connectivity index (χ3v) is 6.42. The number of anilines is 1. The minimum absolute atomic E-state index is 0.00175. The number of benzene rings is 2. The van der Waals surface area contributed by atoms with Gasteiger partial charge in [-0.05, 0) is 61.4 Å². The predicted molar refractivity (Wildman–Crippen MR) is 122 cm³/mol. The summed E-state index contributed by atoms with van der Waals surface area (Å²) in [7, 11) is -3.84. The van der Waals surface area contributed by atoms with Crippen molar-refractivity contribution in [3.8, 4) is 0 Å². The zero-order valence-corrected chi connectivity index (χ0v) is 19.2. The van der Waals surface area contributed by atoms with E-state index < -0.39 is 21.6 Å². The van der Waals surface area contributed by atoms with Crippen molar-refractivity contribution in [1.29, 1.82) is 0 Å². The summed E-state index contributed by atoms with van der Waals surface area (Å²) in [5.41, 5.74) is 2.82. The van der Waals surface area contributed by atoms with Crippen LogP contribution in [0.3, 0.4) is 0 Å². The Morgan fingerprint density at radius 3 is 2.36 bits per heavy atom. The first-order valence-corrected chi connectivity index (χ1v) is 11.6. The number of hydrogen-bond donors (Lipinski definition) is 2. The summed E-state index contributed by atoms with van der Waals surface area (Å²) in [6.07, 6.45) is -0.194. The number of carbonyl (C=O) groups excluding carboxylic acids is 2. The summed E-state index contributed by atoms with van der Waals surface area (Å²) >= 11 is 0. The fraction of sp³-hybridized carbons (Fsp3) is 0.261. The largest absolute Gasteiger partial charge is 0.461 e. The van der Waals surface area contributed by atoms with Crippen LogP contribution in [-0.4, -0.2) is 26.8 Å². The quantitative estimate of drug-likeness (QED) is 0.381. The third-order valence-electron chi connectivity index (χ3n) is 4.94. The minimum atomic E-state index is -3.84. The second-order valence-corrected chi connectivity index (χ2v) is 9.30. The molecular weight excluding hydrogens is 448 g/mol. The van der Waals surface area contributed by atoms with E-state index in [-0.39, 0.29) is 30.4 Å². The second-order valence-electron chi connectivity index (χ2n) is 7.54. The molecule has 2 N–H and O–H groups in total. The number of amides is 1. The Balaban J connectivity index is 1.57. The maximum Gasteiger partial charge on any atom is 0.336 e. The maximum atomic E-state index is 12.4. The van der Waals surface area contributed by atoms with Gasteiger partial charge in [-0.15, -0.1) is 0 Å². The van der Waals surface area contributed by atoms with Crippen LogP contribution >= 0.6 is 0 Å². The molecule has 0 bridgehead atoms. The topological polar surface area (TPSA) is 132 Å². The van der Waals surface area contributed by atoms with Crippen LogP contribution in [0.15, 0.2) is 56.6 Å². The lowest BCUT2D eigenvalue weighted by Crippen LogP contribution is -2.26. The van der Waals surface area contributed by atoms with E-state index in [2.05, 4.69) is 10.0 Å². The van der Waals surface area contributed by atoms with E-state index in [1.165, 1.54) is 37.3 Å². The van der Waals surface area contributed by atoms with Gasteiger partial charge in [0.05, 0.1) is 11.3 Å². The van der Waals surface area contributed by atoms with Gasteiger partial charge < -0.3 is 14.5 Å². The normalized spacial score (nSPS) is 11.4. The van der Waals surface area contributed by atoms with Gasteiger partial charge in [-0.2, -0.15) is 0 Å². The van der Waals surface area contributed by atoms with Crippen LogP contribution in [-0.2, 0) is 31.0 Å². The number of aryl methyl sites for hydroxylation is 2. The van der Waals surface area contributed by atoms with E-state index in [1.807, 2.05) is 19.9 Å². The molecule has 1 aromatic heterocycles.